The highest BCUT2D eigenvalue weighted by molar-refractivity contribution is 7.89. The molecule has 2 N–H and O–H groups in total. The molecule has 20 heavy (non-hydrogen) atoms. The Balaban J connectivity index is 1.88. The molecule has 2 heterocycles. The minimum Gasteiger partial charge on any atom is -0.381 e. The number of hydrogen-bond donors (Lipinski definition) is 2. The Bertz CT molecular complexity index is 509. The van der Waals surface area contributed by atoms with Gasteiger partial charge < -0.3 is 10.1 Å². The van der Waals surface area contributed by atoms with Crippen LogP contribution in [0.4, 0.5) is 0 Å². The number of aryl methyl sites for hydroxylation is 1. The lowest BCUT2D eigenvalue weighted by atomic mass is 10.1. The number of hydrogen-bond acceptors (Lipinski definition) is 5. The van der Waals surface area contributed by atoms with Crippen LogP contribution in [0.25, 0.3) is 0 Å². The molecule has 1 atom stereocenters. The average Bonchev–Trinajstić information content (AvgIpc) is 3.08. The van der Waals surface area contributed by atoms with Gasteiger partial charge in [-0.15, -0.1) is 0 Å². The molecule has 0 aliphatic carbocycles. The van der Waals surface area contributed by atoms with E-state index in [2.05, 4.69) is 15.1 Å². The first-order chi connectivity index (χ1) is 9.62. The van der Waals surface area contributed by atoms with Gasteiger partial charge in [0.05, 0.1) is 12.8 Å². The molecule has 1 fully saturated rings. The summed E-state index contributed by atoms with van der Waals surface area (Å²) in [5.41, 5.74) is 0. The monoisotopic (exact) mass is 302 g/mol. The van der Waals surface area contributed by atoms with Crippen LogP contribution >= 0.6 is 0 Å². The van der Waals surface area contributed by atoms with Crippen molar-refractivity contribution in [2.45, 2.75) is 24.3 Å². The van der Waals surface area contributed by atoms with Crippen molar-refractivity contribution in [3.8, 4) is 0 Å². The van der Waals surface area contributed by atoms with E-state index in [0.29, 0.717) is 19.7 Å². The zero-order valence-electron chi connectivity index (χ0n) is 11.7. The number of nitrogens with zero attached hydrogens (tertiary/aromatic N) is 2. The van der Waals surface area contributed by atoms with Gasteiger partial charge in [0, 0.05) is 25.9 Å². The summed E-state index contributed by atoms with van der Waals surface area (Å²) >= 11 is 0. The molecule has 7 nitrogen and oxygen atoms in total. The Kier molecular flexibility index (Phi) is 5.53. The van der Waals surface area contributed by atoms with Crippen molar-refractivity contribution in [1.29, 1.82) is 0 Å². The summed E-state index contributed by atoms with van der Waals surface area (Å²) in [7, 11) is -1.58. The van der Waals surface area contributed by atoms with Gasteiger partial charge in [0.1, 0.15) is 4.90 Å². The maximum absolute atomic E-state index is 12.1. The molecule has 8 heteroatoms. The number of ether oxygens (including phenoxy) is 1. The second-order valence-electron chi connectivity index (χ2n) is 4.98. The molecule has 0 aromatic carbocycles. The van der Waals surface area contributed by atoms with Crippen molar-refractivity contribution >= 4 is 10.0 Å². The van der Waals surface area contributed by atoms with Crippen LogP contribution in [0, 0.1) is 5.92 Å². The van der Waals surface area contributed by atoms with Crippen LogP contribution in [-0.2, 0) is 21.3 Å². The summed E-state index contributed by atoms with van der Waals surface area (Å²) < 4.78 is 33.7. The summed E-state index contributed by atoms with van der Waals surface area (Å²) in [5, 5.41) is 7.12. The van der Waals surface area contributed by atoms with E-state index in [1.807, 2.05) is 7.05 Å². The lowest BCUT2D eigenvalue weighted by Gasteiger charge is -2.08. The van der Waals surface area contributed by atoms with Gasteiger partial charge in [-0.25, -0.2) is 13.1 Å². The third-order valence-corrected chi connectivity index (χ3v) is 4.70. The Morgan fingerprint density at radius 1 is 1.55 bits per heavy atom. The van der Waals surface area contributed by atoms with E-state index in [0.717, 1.165) is 26.0 Å². The number of nitrogens with one attached hydrogen (secondary N) is 2. The van der Waals surface area contributed by atoms with Crippen LogP contribution < -0.4 is 10.0 Å². The van der Waals surface area contributed by atoms with Crippen molar-refractivity contribution in [2.24, 2.45) is 5.92 Å². The van der Waals surface area contributed by atoms with Gasteiger partial charge in [0.15, 0.2) is 0 Å². The second kappa shape index (κ2) is 7.16. The van der Waals surface area contributed by atoms with Crippen molar-refractivity contribution in [1.82, 2.24) is 19.8 Å². The first-order valence-corrected chi connectivity index (χ1v) is 8.34. The standard InChI is InChI=1S/C12H22N4O3S/c1-13-4-2-5-16-9-12(8-14-16)20(17,18)15-7-11-3-6-19-10-11/h8-9,11,13,15H,2-7,10H2,1H3. The Morgan fingerprint density at radius 3 is 3.10 bits per heavy atom. The quantitative estimate of drug-likeness (QED) is 0.650. The largest absolute Gasteiger partial charge is 0.381 e. The Morgan fingerprint density at radius 2 is 2.40 bits per heavy atom. The first kappa shape index (κ1) is 15.4. The predicted octanol–water partition coefficient (Wildman–Crippen LogP) is -0.193. The molecule has 0 bridgehead atoms. The minimum absolute atomic E-state index is 0.223. The minimum atomic E-state index is -3.46. The van der Waals surface area contributed by atoms with Crippen LogP contribution in [0.3, 0.4) is 0 Å². The fourth-order valence-electron chi connectivity index (χ4n) is 2.08. The SMILES string of the molecule is CNCCCn1cc(S(=O)(=O)NCC2CCOC2)cn1. The smallest absolute Gasteiger partial charge is 0.243 e. The third-order valence-electron chi connectivity index (χ3n) is 3.32. The molecular formula is C12H22N4O3S. The predicted molar refractivity (Wildman–Crippen MR) is 74.9 cm³/mol. The van der Waals surface area contributed by atoms with Gasteiger partial charge in [-0.05, 0) is 32.4 Å². The van der Waals surface area contributed by atoms with Gasteiger partial charge in [-0.3, -0.25) is 4.68 Å². The van der Waals surface area contributed by atoms with Crippen LogP contribution in [0.5, 0.6) is 0 Å². The van der Waals surface area contributed by atoms with Crippen molar-refractivity contribution in [3.63, 3.8) is 0 Å². The molecule has 0 amide bonds. The molecule has 1 saturated heterocycles. The normalized spacial score (nSPS) is 19.6. The number of aromatic nitrogens is 2. The van der Waals surface area contributed by atoms with Gasteiger partial charge in [0.2, 0.25) is 10.0 Å². The van der Waals surface area contributed by atoms with Crippen LogP contribution in [0.2, 0.25) is 0 Å². The molecule has 1 aromatic heterocycles. The third kappa shape index (κ3) is 4.27. The van der Waals surface area contributed by atoms with E-state index in [-0.39, 0.29) is 10.8 Å². The average molecular weight is 302 g/mol. The molecule has 0 spiro atoms. The van der Waals surface area contributed by atoms with Crippen molar-refractivity contribution in [3.05, 3.63) is 12.4 Å². The van der Waals surface area contributed by atoms with Crippen molar-refractivity contribution < 1.29 is 13.2 Å². The molecule has 1 aliphatic rings. The maximum Gasteiger partial charge on any atom is 0.243 e. The molecule has 1 aromatic rings. The van der Waals surface area contributed by atoms with Crippen LogP contribution in [0.15, 0.2) is 17.3 Å². The Hall–Kier alpha value is -0.960. The first-order valence-electron chi connectivity index (χ1n) is 6.86. The van der Waals surface area contributed by atoms with Gasteiger partial charge >= 0.3 is 0 Å². The maximum atomic E-state index is 12.1. The Labute approximate surface area is 119 Å². The lowest BCUT2D eigenvalue weighted by molar-refractivity contribution is 0.186. The molecule has 0 radical (unpaired) electrons. The summed E-state index contributed by atoms with van der Waals surface area (Å²) in [4.78, 5) is 0.223. The highest BCUT2D eigenvalue weighted by Crippen LogP contribution is 2.13. The summed E-state index contributed by atoms with van der Waals surface area (Å²) in [6.07, 6.45) is 4.78. The molecule has 0 saturated carbocycles. The molecule has 1 unspecified atom stereocenters. The zero-order chi connectivity index (χ0) is 14.4. The summed E-state index contributed by atoms with van der Waals surface area (Å²) in [6, 6.07) is 0. The van der Waals surface area contributed by atoms with Crippen molar-refractivity contribution in [2.75, 3.05) is 33.4 Å². The van der Waals surface area contributed by atoms with E-state index in [9.17, 15) is 8.42 Å². The second-order valence-corrected chi connectivity index (χ2v) is 6.74. The fourth-order valence-corrected chi connectivity index (χ4v) is 3.15. The van der Waals surface area contributed by atoms with Gasteiger partial charge in [-0.1, -0.05) is 0 Å². The van der Waals surface area contributed by atoms with Crippen LogP contribution in [0.1, 0.15) is 12.8 Å². The molecule has 114 valence electrons. The number of sulfonamides is 1. The highest BCUT2D eigenvalue weighted by atomic mass is 32.2. The zero-order valence-corrected chi connectivity index (χ0v) is 12.5. The van der Waals surface area contributed by atoms with E-state index in [4.69, 9.17) is 4.74 Å². The highest BCUT2D eigenvalue weighted by Gasteiger charge is 2.21. The number of rotatable bonds is 8. The van der Waals surface area contributed by atoms with E-state index in [1.54, 1.807) is 10.9 Å². The van der Waals surface area contributed by atoms with Gasteiger partial charge in [-0.2, -0.15) is 5.10 Å². The van der Waals surface area contributed by atoms with E-state index >= 15 is 0 Å². The topological polar surface area (TPSA) is 85.2 Å². The fraction of sp³-hybridized carbons (Fsp3) is 0.750. The summed E-state index contributed by atoms with van der Waals surface area (Å²) in [5.74, 6) is 0.274. The van der Waals surface area contributed by atoms with Crippen LogP contribution in [-0.4, -0.2) is 51.5 Å². The summed E-state index contributed by atoms with van der Waals surface area (Å²) in [6.45, 7) is 3.35. The molecule has 2 rings (SSSR count). The molecule has 1 aliphatic heterocycles. The molecular weight excluding hydrogens is 280 g/mol. The van der Waals surface area contributed by atoms with E-state index < -0.39 is 10.0 Å². The lowest BCUT2D eigenvalue weighted by Crippen LogP contribution is -2.29. The van der Waals surface area contributed by atoms with Gasteiger partial charge in [0.25, 0.3) is 0 Å². The van der Waals surface area contributed by atoms with E-state index in [1.165, 1.54) is 6.20 Å².